The summed E-state index contributed by atoms with van der Waals surface area (Å²) in [4.78, 5) is 0. The summed E-state index contributed by atoms with van der Waals surface area (Å²) >= 11 is 0. The van der Waals surface area contributed by atoms with E-state index in [9.17, 15) is 0 Å². The highest BCUT2D eigenvalue weighted by Crippen LogP contribution is 2.41. The molecule has 0 aliphatic rings. The average Bonchev–Trinajstić information content (AvgIpc) is 3.17. The van der Waals surface area contributed by atoms with Crippen molar-refractivity contribution in [1.82, 2.24) is 0 Å². The maximum Gasteiger partial charge on any atom is -0.0323 e. The Labute approximate surface area is 346 Å². The van der Waals surface area contributed by atoms with Gasteiger partial charge in [-0.05, 0) is 30.6 Å². The molecule has 0 nitrogen and oxygen atoms in total. The van der Waals surface area contributed by atoms with Gasteiger partial charge in [0.2, 0.25) is 0 Å². The summed E-state index contributed by atoms with van der Waals surface area (Å²) in [5.41, 5.74) is 0.584. The average molecular weight is 759 g/mol. The van der Waals surface area contributed by atoms with Crippen molar-refractivity contribution in [3.8, 4) is 0 Å². The van der Waals surface area contributed by atoms with Crippen LogP contribution in [0, 0.1) is 11.3 Å². The Kier molecular flexibility index (Phi) is 45.7. The molecule has 0 rings (SSSR count). The van der Waals surface area contributed by atoms with Gasteiger partial charge in [0.25, 0.3) is 0 Å². The van der Waals surface area contributed by atoms with E-state index in [-0.39, 0.29) is 0 Å². The third-order valence-corrected chi connectivity index (χ3v) is 13.5. The van der Waals surface area contributed by atoms with E-state index in [0.717, 1.165) is 5.92 Å². The lowest BCUT2D eigenvalue weighted by Crippen LogP contribution is -2.21. The van der Waals surface area contributed by atoms with Crippen LogP contribution in [0.15, 0.2) is 0 Å². The van der Waals surface area contributed by atoms with E-state index in [2.05, 4.69) is 34.6 Å². The van der Waals surface area contributed by atoms with Crippen LogP contribution in [0.5, 0.6) is 0 Å². The van der Waals surface area contributed by atoms with Crippen LogP contribution in [-0.4, -0.2) is 0 Å². The predicted molar refractivity (Wildman–Crippen MR) is 251 cm³/mol. The van der Waals surface area contributed by atoms with Gasteiger partial charge in [-0.1, -0.05) is 317 Å². The fourth-order valence-corrected chi connectivity index (χ4v) is 9.65. The third-order valence-electron chi connectivity index (χ3n) is 13.5. The number of hydrogen-bond donors (Lipinski definition) is 0. The molecular weight excluding hydrogens is 649 g/mol. The van der Waals surface area contributed by atoms with E-state index in [1.165, 1.54) is 302 Å². The van der Waals surface area contributed by atoms with Gasteiger partial charge in [0, 0.05) is 0 Å². The lowest BCUT2D eigenvalue weighted by Gasteiger charge is -2.34. The van der Waals surface area contributed by atoms with Gasteiger partial charge in [-0.3, -0.25) is 0 Å². The highest BCUT2D eigenvalue weighted by atomic mass is 14.3. The summed E-state index contributed by atoms with van der Waals surface area (Å²) in [5.74, 6) is 0.985. The molecule has 0 saturated carbocycles. The first kappa shape index (κ1) is 54.0. The van der Waals surface area contributed by atoms with E-state index in [1.807, 2.05) is 0 Å². The first-order valence-electron chi connectivity index (χ1n) is 26.6. The standard InChI is InChI=1S/C54H110/c1-6-10-14-18-22-25-28-29-30-31-32-35-39-43-47-51-54(5,50-46-42-38-34-27-24-20-16-12-8-3)52-53(48-44-40-36-21-17-13-9-4)49-45-41-37-33-26-23-19-15-11-7-2/h53H,6-52H2,1-5H3. The van der Waals surface area contributed by atoms with Gasteiger partial charge in [-0.15, -0.1) is 0 Å². The van der Waals surface area contributed by atoms with Crippen LogP contribution in [0.2, 0.25) is 0 Å². The molecule has 0 N–H and O–H groups in total. The molecule has 0 fully saturated rings. The van der Waals surface area contributed by atoms with Crippen molar-refractivity contribution in [3.05, 3.63) is 0 Å². The summed E-state index contributed by atoms with van der Waals surface area (Å²) in [6.45, 7) is 12.1. The summed E-state index contributed by atoms with van der Waals surface area (Å²) < 4.78 is 0. The van der Waals surface area contributed by atoms with Crippen LogP contribution < -0.4 is 0 Å². The van der Waals surface area contributed by atoms with Crippen LogP contribution in [0.4, 0.5) is 0 Å². The van der Waals surface area contributed by atoms with Crippen LogP contribution in [-0.2, 0) is 0 Å². The molecule has 2 unspecified atom stereocenters. The lowest BCUT2D eigenvalue weighted by molar-refractivity contribution is 0.175. The Balaban J connectivity index is 4.80. The van der Waals surface area contributed by atoms with E-state index in [0.29, 0.717) is 5.41 Å². The number of rotatable bonds is 48. The zero-order valence-corrected chi connectivity index (χ0v) is 39.3. The zero-order chi connectivity index (χ0) is 39.3. The van der Waals surface area contributed by atoms with Crippen LogP contribution >= 0.6 is 0 Å². The van der Waals surface area contributed by atoms with Crippen molar-refractivity contribution in [1.29, 1.82) is 0 Å². The van der Waals surface area contributed by atoms with Crippen LogP contribution in [0.25, 0.3) is 0 Å². The molecule has 0 aromatic rings. The maximum atomic E-state index is 2.76. The van der Waals surface area contributed by atoms with Crippen molar-refractivity contribution < 1.29 is 0 Å². The molecule has 0 radical (unpaired) electrons. The minimum Gasteiger partial charge on any atom is -0.0654 e. The van der Waals surface area contributed by atoms with Crippen molar-refractivity contribution in [3.63, 3.8) is 0 Å². The molecule has 0 saturated heterocycles. The quantitative estimate of drug-likeness (QED) is 0.0542. The van der Waals surface area contributed by atoms with Gasteiger partial charge in [-0.2, -0.15) is 0 Å². The molecule has 54 heavy (non-hydrogen) atoms. The molecule has 0 bridgehead atoms. The SMILES string of the molecule is CCCCCCCCCCCCCCCCCC(C)(CCCCCCCCCCCC)CC(CCCCCCCCC)CCCCCCCCCCCC. The second-order valence-electron chi connectivity index (χ2n) is 19.4. The third kappa shape index (κ3) is 41.6. The van der Waals surface area contributed by atoms with E-state index in [1.54, 1.807) is 0 Å². The molecule has 0 aromatic heterocycles. The minimum absolute atomic E-state index is 0.584. The van der Waals surface area contributed by atoms with E-state index < -0.39 is 0 Å². The van der Waals surface area contributed by atoms with Gasteiger partial charge in [0.1, 0.15) is 0 Å². The summed E-state index contributed by atoms with van der Waals surface area (Å²) in [6, 6.07) is 0. The molecule has 0 aromatic carbocycles. The molecule has 2 atom stereocenters. The molecule has 0 heterocycles. The first-order valence-corrected chi connectivity index (χ1v) is 26.6. The van der Waals surface area contributed by atoms with Crippen molar-refractivity contribution >= 4 is 0 Å². The fourth-order valence-electron chi connectivity index (χ4n) is 9.65. The molecule has 0 spiro atoms. The number of hydrogen-bond acceptors (Lipinski definition) is 0. The zero-order valence-electron chi connectivity index (χ0n) is 39.3. The fraction of sp³-hybridized carbons (Fsp3) is 1.00. The normalized spacial score (nSPS) is 13.5. The maximum absolute atomic E-state index is 2.76. The van der Waals surface area contributed by atoms with Gasteiger partial charge in [-0.25, -0.2) is 0 Å². The van der Waals surface area contributed by atoms with Crippen LogP contribution in [0.1, 0.15) is 336 Å². The van der Waals surface area contributed by atoms with Crippen molar-refractivity contribution in [2.24, 2.45) is 11.3 Å². The predicted octanol–water partition coefficient (Wildman–Crippen LogP) is 21.0. The van der Waals surface area contributed by atoms with Gasteiger partial charge >= 0.3 is 0 Å². The number of unbranched alkanes of at least 4 members (excludes halogenated alkanes) is 38. The Morgan fingerprint density at radius 3 is 0.648 bits per heavy atom. The second-order valence-corrected chi connectivity index (χ2v) is 19.4. The lowest BCUT2D eigenvalue weighted by atomic mass is 9.71. The Hall–Kier alpha value is 0. The molecule has 0 aliphatic carbocycles. The topological polar surface area (TPSA) is 0 Å². The Morgan fingerprint density at radius 1 is 0.241 bits per heavy atom. The highest BCUT2D eigenvalue weighted by molar-refractivity contribution is 4.79. The summed E-state index contributed by atoms with van der Waals surface area (Å²) in [7, 11) is 0. The Morgan fingerprint density at radius 2 is 0.426 bits per heavy atom. The highest BCUT2D eigenvalue weighted by Gasteiger charge is 2.27. The largest absolute Gasteiger partial charge is 0.0654 e. The molecular formula is C54H110. The minimum atomic E-state index is 0.584. The summed E-state index contributed by atoms with van der Waals surface area (Å²) in [6.07, 6.45) is 69.4. The smallest absolute Gasteiger partial charge is 0.0323 e. The summed E-state index contributed by atoms with van der Waals surface area (Å²) in [5, 5.41) is 0. The molecule has 0 amide bonds. The van der Waals surface area contributed by atoms with Gasteiger partial charge < -0.3 is 0 Å². The van der Waals surface area contributed by atoms with Crippen molar-refractivity contribution in [2.75, 3.05) is 0 Å². The van der Waals surface area contributed by atoms with Gasteiger partial charge in [0.15, 0.2) is 0 Å². The Bertz CT molecular complexity index is 650. The molecule has 0 heteroatoms. The van der Waals surface area contributed by atoms with E-state index in [4.69, 9.17) is 0 Å². The van der Waals surface area contributed by atoms with E-state index >= 15 is 0 Å². The molecule has 326 valence electrons. The van der Waals surface area contributed by atoms with Crippen molar-refractivity contribution in [2.45, 2.75) is 336 Å². The first-order chi connectivity index (χ1) is 26.6. The van der Waals surface area contributed by atoms with Crippen LogP contribution in [0.3, 0.4) is 0 Å². The van der Waals surface area contributed by atoms with Gasteiger partial charge in [0.05, 0.1) is 0 Å². The second kappa shape index (κ2) is 45.7. The monoisotopic (exact) mass is 759 g/mol. The molecule has 0 aliphatic heterocycles.